The van der Waals surface area contributed by atoms with Gasteiger partial charge in [0, 0.05) is 0 Å². The lowest BCUT2D eigenvalue weighted by Gasteiger charge is -2.08. The molecule has 17 heavy (non-hydrogen) atoms. The van der Waals surface area contributed by atoms with E-state index in [1.807, 2.05) is 26.8 Å². The molecule has 0 bridgehead atoms. The zero-order valence-corrected chi connectivity index (χ0v) is 11.5. The van der Waals surface area contributed by atoms with Crippen LogP contribution in [-0.4, -0.2) is 19.6 Å². The van der Waals surface area contributed by atoms with Gasteiger partial charge in [0.25, 0.3) is 0 Å². The predicted molar refractivity (Wildman–Crippen MR) is 73.7 cm³/mol. The number of ether oxygens (including phenoxy) is 1. The Labute approximate surface area is 105 Å². The number of allylic oxidation sites excluding steroid dienone is 3. The standard InChI is InChI=1S/C12H19NO2.C2H6/c1-4-7-11(12(14)15-3)10(5-2)8-6-9-13;1-2/h4-5,7H,1,6,8-9,13H2,2-3H3;1-2H3/b10-5-,11-7+;. The number of methoxy groups -OCH3 is 1. The highest BCUT2D eigenvalue weighted by Gasteiger charge is 2.12. The Kier molecular flexibility index (Phi) is 13.5. The minimum absolute atomic E-state index is 0.333. The maximum atomic E-state index is 11.5. The first kappa shape index (κ1) is 18.0. The second-order valence-corrected chi connectivity index (χ2v) is 3.01. The zero-order valence-electron chi connectivity index (χ0n) is 11.5. The summed E-state index contributed by atoms with van der Waals surface area (Å²) < 4.78 is 4.70. The molecule has 0 saturated heterocycles. The summed E-state index contributed by atoms with van der Waals surface area (Å²) in [7, 11) is 1.37. The van der Waals surface area contributed by atoms with E-state index in [1.54, 1.807) is 12.2 Å². The van der Waals surface area contributed by atoms with Gasteiger partial charge in [-0.2, -0.15) is 0 Å². The molecule has 0 fully saturated rings. The van der Waals surface area contributed by atoms with Crippen molar-refractivity contribution in [2.24, 2.45) is 5.73 Å². The summed E-state index contributed by atoms with van der Waals surface area (Å²) in [4.78, 5) is 11.5. The van der Waals surface area contributed by atoms with Crippen LogP contribution in [0.5, 0.6) is 0 Å². The minimum atomic E-state index is -0.333. The molecule has 0 radical (unpaired) electrons. The average Bonchev–Trinajstić information content (AvgIpc) is 2.39. The van der Waals surface area contributed by atoms with Gasteiger partial charge in [0.05, 0.1) is 12.7 Å². The van der Waals surface area contributed by atoms with Gasteiger partial charge >= 0.3 is 5.97 Å². The summed E-state index contributed by atoms with van der Waals surface area (Å²) in [6.07, 6.45) is 6.78. The van der Waals surface area contributed by atoms with Crippen molar-refractivity contribution in [2.75, 3.05) is 13.7 Å². The van der Waals surface area contributed by atoms with Gasteiger partial charge in [-0.3, -0.25) is 0 Å². The highest BCUT2D eigenvalue weighted by atomic mass is 16.5. The Morgan fingerprint density at radius 2 is 2.00 bits per heavy atom. The van der Waals surface area contributed by atoms with Crippen LogP contribution in [0.3, 0.4) is 0 Å². The van der Waals surface area contributed by atoms with Gasteiger partial charge in [-0.25, -0.2) is 4.79 Å². The number of hydrogen-bond acceptors (Lipinski definition) is 3. The van der Waals surface area contributed by atoms with Crippen LogP contribution >= 0.6 is 0 Å². The van der Waals surface area contributed by atoms with Gasteiger partial charge in [0.1, 0.15) is 0 Å². The van der Waals surface area contributed by atoms with E-state index >= 15 is 0 Å². The monoisotopic (exact) mass is 239 g/mol. The number of carbonyl (C=O) groups excluding carboxylic acids is 1. The maximum absolute atomic E-state index is 11.5. The second-order valence-electron chi connectivity index (χ2n) is 3.01. The van der Waals surface area contributed by atoms with E-state index in [0.29, 0.717) is 12.1 Å². The fourth-order valence-corrected chi connectivity index (χ4v) is 1.26. The highest BCUT2D eigenvalue weighted by molar-refractivity contribution is 5.93. The highest BCUT2D eigenvalue weighted by Crippen LogP contribution is 2.17. The van der Waals surface area contributed by atoms with Crippen molar-refractivity contribution in [3.8, 4) is 0 Å². The van der Waals surface area contributed by atoms with E-state index in [2.05, 4.69) is 6.58 Å². The molecular formula is C14H25NO2. The van der Waals surface area contributed by atoms with Crippen LogP contribution in [0.2, 0.25) is 0 Å². The fourth-order valence-electron chi connectivity index (χ4n) is 1.26. The molecule has 0 aromatic rings. The average molecular weight is 239 g/mol. The van der Waals surface area contributed by atoms with E-state index in [9.17, 15) is 4.79 Å². The molecule has 0 aromatic heterocycles. The third-order valence-corrected chi connectivity index (χ3v) is 2.03. The van der Waals surface area contributed by atoms with E-state index in [4.69, 9.17) is 10.5 Å². The van der Waals surface area contributed by atoms with E-state index in [-0.39, 0.29) is 5.97 Å². The van der Waals surface area contributed by atoms with Crippen molar-refractivity contribution in [3.05, 3.63) is 36.0 Å². The van der Waals surface area contributed by atoms with Crippen LogP contribution in [0.4, 0.5) is 0 Å². The molecule has 0 atom stereocenters. The Bertz CT molecular complexity index is 278. The first-order valence-corrected chi connectivity index (χ1v) is 5.97. The summed E-state index contributed by atoms with van der Waals surface area (Å²) >= 11 is 0. The molecule has 0 spiro atoms. The lowest BCUT2D eigenvalue weighted by Crippen LogP contribution is -2.08. The van der Waals surface area contributed by atoms with Crippen molar-refractivity contribution in [1.82, 2.24) is 0 Å². The minimum Gasteiger partial charge on any atom is -0.465 e. The molecule has 0 amide bonds. The molecule has 0 saturated carbocycles. The number of rotatable bonds is 6. The summed E-state index contributed by atoms with van der Waals surface area (Å²) in [5, 5.41) is 0. The van der Waals surface area contributed by atoms with Gasteiger partial charge in [-0.05, 0) is 38.0 Å². The molecule has 0 aliphatic rings. The Morgan fingerprint density at radius 3 is 2.35 bits per heavy atom. The molecule has 0 aromatic carbocycles. The lowest BCUT2D eigenvalue weighted by molar-refractivity contribution is -0.135. The zero-order chi connectivity index (χ0) is 13.7. The maximum Gasteiger partial charge on any atom is 0.338 e. The van der Waals surface area contributed by atoms with Crippen LogP contribution < -0.4 is 5.73 Å². The lowest BCUT2D eigenvalue weighted by atomic mass is 10.0. The number of hydrogen-bond donors (Lipinski definition) is 1. The molecule has 2 N–H and O–H groups in total. The smallest absolute Gasteiger partial charge is 0.338 e. The van der Waals surface area contributed by atoms with Crippen molar-refractivity contribution in [3.63, 3.8) is 0 Å². The van der Waals surface area contributed by atoms with Gasteiger partial charge in [-0.15, -0.1) is 0 Å². The van der Waals surface area contributed by atoms with Crippen LogP contribution in [0.25, 0.3) is 0 Å². The molecular weight excluding hydrogens is 214 g/mol. The van der Waals surface area contributed by atoms with Crippen molar-refractivity contribution in [1.29, 1.82) is 0 Å². The molecule has 0 unspecified atom stereocenters. The fraction of sp³-hybridized carbons (Fsp3) is 0.500. The van der Waals surface area contributed by atoms with E-state index in [1.165, 1.54) is 7.11 Å². The van der Waals surface area contributed by atoms with Crippen LogP contribution in [0.15, 0.2) is 36.0 Å². The summed E-state index contributed by atoms with van der Waals surface area (Å²) in [6, 6.07) is 0. The van der Waals surface area contributed by atoms with Crippen molar-refractivity contribution < 1.29 is 9.53 Å². The van der Waals surface area contributed by atoms with E-state index in [0.717, 1.165) is 18.4 Å². The molecule has 0 aliphatic heterocycles. The van der Waals surface area contributed by atoms with Crippen LogP contribution in [0.1, 0.15) is 33.6 Å². The van der Waals surface area contributed by atoms with Crippen LogP contribution in [-0.2, 0) is 9.53 Å². The first-order chi connectivity index (χ1) is 8.21. The Balaban J connectivity index is 0. The second kappa shape index (κ2) is 12.7. The topological polar surface area (TPSA) is 52.3 Å². The van der Waals surface area contributed by atoms with Crippen molar-refractivity contribution >= 4 is 5.97 Å². The van der Waals surface area contributed by atoms with Gasteiger partial charge < -0.3 is 10.5 Å². The Hall–Kier alpha value is -1.35. The van der Waals surface area contributed by atoms with Gasteiger partial charge in [0.15, 0.2) is 0 Å². The van der Waals surface area contributed by atoms with Gasteiger partial charge in [-0.1, -0.05) is 32.6 Å². The predicted octanol–water partition coefficient (Wildman–Crippen LogP) is 2.98. The SMILES string of the molecule is C=C/C=C(C(=O)OC)\C(=C/C)CCCN.CC. The molecule has 98 valence electrons. The summed E-state index contributed by atoms with van der Waals surface area (Å²) in [5.41, 5.74) is 6.94. The van der Waals surface area contributed by atoms with Crippen molar-refractivity contribution in [2.45, 2.75) is 33.6 Å². The number of esters is 1. The Morgan fingerprint density at radius 1 is 1.41 bits per heavy atom. The molecule has 3 nitrogen and oxygen atoms in total. The summed E-state index contributed by atoms with van der Waals surface area (Å²) in [5.74, 6) is -0.333. The molecule has 0 rings (SSSR count). The molecule has 3 heteroatoms. The molecule has 0 aliphatic carbocycles. The summed E-state index contributed by atoms with van der Waals surface area (Å²) in [6.45, 7) is 10.1. The third-order valence-electron chi connectivity index (χ3n) is 2.03. The normalized spacial score (nSPS) is 11.4. The molecule has 0 heterocycles. The third kappa shape index (κ3) is 7.53. The number of nitrogens with two attached hydrogens (primary N) is 1. The van der Waals surface area contributed by atoms with Gasteiger partial charge in [0.2, 0.25) is 0 Å². The number of carbonyl (C=O) groups is 1. The first-order valence-electron chi connectivity index (χ1n) is 5.97. The largest absolute Gasteiger partial charge is 0.465 e. The van der Waals surface area contributed by atoms with Crippen LogP contribution in [0, 0.1) is 0 Å². The quantitative estimate of drug-likeness (QED) is 0.440. The van der Waals surface area contributed by atoms with E-state index < -0.39 is 0 Å².